The Labute approximate surface area is 111 Å². The number of nitrogens with one attached hydrogen (secondary N) is 1. The molecule has 0 aliphatic carbocycles. The molecule has 0 spiro atoms. The van der Waals surface area contributed by atoms with E-state index in [4.69, 9.17) is 0 Å². The zero-order chi connectivity index (χ0) is 12.5. The van der Waals surface area contributed by atoms with Gasteiger partial charge in [0.1, 0.15) is 0 Å². The normalized spacial score (nSPS) is 20.7. The number of benzene rings is 1. The molecule has 0 saturated carbocycles. The minimum absolute atomic E-state index is 0.362. The summed E-state index contributed by atoms with van der Waals surface area (Å²) in [5.41, 5.74) is 1.17. The average molecular weight is 318 g/mol. The predicted molar refractivity (Wildman–Crippen MR) is 72.0 cm³/mol. The quantitative estimate of drug-likeness (QED) is 0.929. The first-order valence-electron chi connectivity index (χ1n) is 5.69. The van der Waals surface area contributed by atoms with Crippen LogP contribution < -0.4 is 5.32 Å². The Kier molecular flexibility index (Phi) is 3.90. The van der Waals surface area contributed by atoms with Crippen LogP contribution in [0.3, 0.4) is 0 Å². The van der Waals surface area contributed by atoms with E-state index in [1.54, 1.807) is 6.07 Å². The number of hydrogen-bond donors (Lipinski definition) is 1. The van der Waals surface area contributed by atoms with E-state index < -0.39 is 9.84 Å². The summed E-state index contributed by atoms with van der Waals surface area (Å²) in [5.74, 6) is 0. The first-order valence-corrected chi connectivity index (χ1v) is 8.37. The first-order chi connectivity index (χ1) is 7.97. The Balaban J connectivity index is 2.19. The maximum atomic E-state index is 11.5. The highest BCUT2D eigenvalue weighted by Gasteiger charge is 2.16. The van der Waals surface area contributed by atoms with E-state index in [0.717, 1.165) is 13.0 Å². The van der Waals surface area contributed by atoms with Crippen molar-refractivity contribution in [2.45, 2.75) is 30.2 Å². The van der Waals surface area contributed by atoms with Gasteiger partial charge in [-0.3, -0.25) is 0 Å². The third-order valence-electron chi connectivity index (χ3n) is 3.04. The van der Waals surface area contributed by atoms with Crippen molar-refractivity contribution in [3.63, 3.8) is 0 Å². The van der Waals surface area contributed by atoms with Crippen LogP contribution in [0, 0.1) is 0 Å². The molecule has 2 rings (SSSR count). The number of rotatable bonds is 3. The second-order valence-corrected chi connectivity index (χ2v) is 7.37. The summed E-state index contributed by atoms with van der Waals surface area (Å²) >= 11 is 3.33. The second kappa shape index (κ2) is 5.08. The molecule has 0 radical (unpaired) electrons. The molecule has 1 atom stereocenters. The van der Waals surface area contributed by atoms with Gasteiger partial charge in [-0.1, -0.05) is 6.07 Å². The lowest BCUT2D eigenvalue weighted by molar-refractivity contribution is 0.599. The maximum Gasteiger partial charge on any atom is 0.176 e. The molecular weight excluding hydrogens is 302 g/mol. The standard InChI is InChI=1S/C12H16BrNO2S/c1-17(15,16)12-5-4-9(8-11(12)13)7-10-3-2-6-14-10/h4-5,8,10,14H,2-3,6-7H2,1H3. The van der Waals surface area contributed by atoms with Crippen molar-refractivity contribution >= 4 is 25.8 Å². The third-order valence-corrected chi connectivity index (χ3v) is 5.11. The van der Waals surface area contributed by atoms with Gasteiger partial charge in [-0.2, -0.15) is 0 Å². The largest absolute Gasteiger partial charge is 0.314 e. The minimum atomic E-state index is -3.14. The SMILES string of the molecule is CS(=O)(=O)c1ccc(CC2CCCN2)cc1Br. The lowest BCUT2D eigenvalue weighted by Crippen LogP contribution is -2.23. The Morgan fingerprint density at radius 3 is 2.76 bits per heavy atom. The third kappa shape index (κ3) is 3.30. The van der Waals surface area contributed by atoms with E-state index in [0.29, 0.717) is 15.4 Å². The van der Waals surface area contributed by atoms with Crippen LogP contribution in [0.25, 0.3) is 0 Å². The molecule has 94 valence electrons. The number of sulfone groups is 1. The summed E-state index contributed by atoms with van der Waals surface area (Å²) < 4.78 is 23.6. The Hall–Kier alpha value is -0.390. The molecule has 1 fully saturated rings. The maximum absolute atomic E-state index is 11.5. The van der Waals surface area contributed by atoms with Gasteiger partial charge < -0.3 is 5.32 Å². The molecule has 1 aliphatic heterocycles. The topological polar surface area (TPSA) is 46.2 Å². The molecule has 1 aromatic rings. The van der Waals surface area contributed by atoms with Crippen molar-refractivity contribution < 1.29 is 8.42 Å². The molecule has 17 heavy (non-hydrogen) atoms. The van der Waals surface area contributed by atoms with Crippen molar-refractivity contribution in [3.05, 3.63) is 28.2 Å². The zero-order valence-electron chi connectivity index (χ0n) is 9.74. The Morgan fingerprint density at radius 2 is 2.24 bits per heavy atom. The van der Waals surface area contributed by atoms with E-state index in [9.17, 15) is 8.42 Å². The van der Waals surface area contributed by atoms with Crippen LogP contribution in [0.5, 0.6) is 0 Å². The number of hydrogen-bond acceptors (Lipinski definition) is 3. The van der Waals surface area contributed by atoms with Gasteiger partial charge in [0.25, 0.3) is 0 Å². The van der Waals surface area contributed by atoms with Crippen LogP contribution >= 0.6 is 15.9 Å². The van der Waals surface area contributed by atoms with Gasteiger partial charge in [0.2, 0.25) is 0 Å². The molecule has 1 heterocycles. The highest BCUT2D eigenvalue weighted by Crippen LogP contribution is 2.24. The van der Waals surface area contributed by atoms with Gasteiger partial charge in [0.05, 0.1) is 4.90 Å². The van der Waals surface area contributed by atoms with E-state index in [1.165, 1.54) is 24.7 Å². The van der Waals surface area contributed by atoms with Gasteiger partial charge in [0.15, 0.2) is 9.84 Å². The molecule has 1 unspecified atom stereocenters. The molecule has 3 nitrogen and oxygen atoms in total. The van der Waals surface area contributed by atoms with Gasteiger partial charge in [0, 0.05) is 16.8 Å². The molecular formula is C12H16BrNO2S. The smallest absolute Gasteiger partial charge is 0.176 e. The van der Waals surface area contributed by atoms with Crippen LogP contribution in [0.4, 0.5) is 0 Å². The average Bonchev–Trinajstić information content (AvgIpc) is 2.68. The highest BCUT2D eigenvalue weighted by atomic mass is 79.9. The fourth-order valence-electron chi connectivity index (χ4n) is 2.19. The van der Waals surface area contributed by atoms with E-state index in [-0.39, 0.29) is 0 Å². The van der Waals surface area contributed by atoms with E-state index in [1.807, 2.05) is 12.1 Å². The Bertz CT molecular complexity index is 507. The minimum Gasteiger partial charge on any atom is -0.314 e. The molecule has 1 aliphatic rings. The van der Waals surface area contributed by atoms with E-state index in [2.05, 4.69) is 21.2 Å². The monoisotopic (exact) mass is 317 g/mol. The molecule has 1 N–H and O–H groups in total. The van der Waals surface area contributed by atoms with Crippen molar-refractivity contribution in [2.24, 2.45) is 0 Å². The van der Waals surface area contributed by atoms with Gasteiger partial charge >= 0.3 is 0 Å². The molecule has 1 aromatic carbocycles. The van der Waals surface area contributed by atoms with Crippen LogP contribution in [-0.4, -0.2) is 27.3 Å². The molecule has 0 aromatic heterocycles. The summed E-state index contributed by atoms with van der Waals surface area (Å²) in [6.07, 6.45) is 4.62. The zero-order valence-corrected chi connectivity index (χ0v) is 12.1. The van der Waals surface area contributed by atoms with Gasteiger partial charge in [-0.15, -0.1) is 0 Å². The van der Waals surface area contributed by atoms with Gasteiger partial charge in [-0.05, 0) is 59.4 Å². The number of halogens is 1. The molecule has 0 amide bonds. The van der Waals surface area contributed by atoms with Crippen LogP contribution in [-0.2, 0) is 16.3 Å². The van der Waals surface area contributed by atoms with Crippen molar-refractivity contribution in [2.75, 3.05) is 12.8 Å². The lowest BCUT2D eigenvalue weighted by Gasteiger charge is -2.11. The fourth-order valence-corrected chi connectivity index (χ4v) is 4.22. The first kappa shape index (κ1) is 13.1. The summed E-state index contributed by atoms with van der Waals surface area (Å²) in [4.78, 5) is 0.362. The van der Waals surface area contributed by atoms with Crippen molar-refractivity contribution in [1.82, 2.24) is 5.32 Å². The highest BCUT2D eigenvalue weighted by molar-refractivity contribution is 9.10. The molecule has 0 bridgehead atoms. The predicted octanol–water partition coefficient (Wildman–Crippen LogP) is 2.15. The summed E-state index contributed by atoms with van der Waals surface area (Å²) in [7, 11) is -3.14. The van der Waals surface area contributed by atoms with Crippen molar-refractivity contribution in [3.8, 4) is 0 Å². The van der Waals surface area contributed by atoms with Crippen LogP contribution in [0.1, 0.15) is 18.4 Å². The summed E-state index contributed by atoms with van der Waals surface area (Å²) in [6, 6.07) is 6.03. The molecule has 1 saturated heterocycles. The fraction of sp³-hybridized carbons (Fsp3) is 0.500. The summed E-state index contributed by atoms with van der Waals surface area (Å²) in [5, 5.41) is 3.44. The van der Waals surface area contributed by atoms with Gasteiger partial charge in [-0.25, -0.2) is 8.42 Å². The van der Waals surface area contributed by atoms with Crippen LogP contribution in [0.2, 0.25) is 0 Å². The summed E-state index contributed by atoms with van der Waals surface area (Å²) in [6.45, 7) is 1.09. The second-order valence-electron chi connectivity index (χ2n) is 4.53. The van der Waals surface area contributed by atoms with Crippen molar-refractivity contribution in [1.29, 1.82) is 0 Å². The lowest BCUT2D eigenvalue weighted by atomic mass is 10.1. The van der Waals surface area contributed by atoms with Crippen LogP contribution in [0.15, 0.2) is 27.6 Å². The Morgan fingerprint density at radius 1 is 1.47 bits per heavy atom. The molecule has 5 heteroatoms. The van der Waals surface area contributed by atoms with E-state index >= 15 is 0 Å².